The molecule has 4 heteroatoms. The minimum atomic E-state index is -0.481. The predicted octanol–water partition coefficient (Wildman–Crippen LogP) is 3.19. The maximum atomic E-state index is 11.7. The van der Waals surface area contributed by atoms with E-state index in [1.165, 1.54) is 6.42 Å². The van der Waals surface area contributed by atoms with Gasteiger partial charge < -0.3 is 15.3 Å². The van der Waals surface area contributed by atoms with E-state index in [1.807, 2.05) is 24.3 Å². The van der Waals surface area contributed by atoms with Crippen molar-refractivity contribution in [2.45, 2.75) is 45.6 Å². The van der Waals surface area contributed by atoms with E-state index in [0.29, 0.717) is 6.54 Å². The molecule has 1 saturated carbocycles. The maximum absolute atomic E-state index is 11.7. The molecule has 4 nitrogen and oxygen atoms in total. The molecule has 0 aromatic heterocycles. The molecule has 1 aliphatic rings. The van der Waals surface area contributed by atoms with E-state index in [4.69, 9.17) is 0 Å². The maximum Gasteiger partial charge on any atom is 0.227 e. The Kier molecular flexibility index (Phi) is 6.40. The molecule has 0 aliphatic heterocycles. The number of carbonyl (C=O) groups excluding carboxylic acids is 1. The number of unbranched alkanes of at least 4 members (excludes halogenated alkanes) is 1. The zero-order valence-corrected chi connectivity index (χ0v) is 13.7. The lowest BCUT2D eigenvalue weighted by molar-refractivity contribution is -0.117. The van der Waals surface area contributed by atoms with E-state index >= 15 is 0 Å². The van der Waals surface area contributed by atoms with Gasteiger partial charge in [-0.05, 0) is 50.0 Å². The molecule has 1 aromatic rings. The second-order valence-electron chi connectivity index (χ2n) is 6.15. The van der Waals surface area contributed by atoms with Crippen LogP contribution in [0.2, 0.25) is 0 Å². The van der Waals surface area contributed by atoms with Gasteiger partial charge in [-0.3, -0.25) is 4.79 Å². The normalized spacial score (nSPS) is 15.8. The second-order valence-corrected chi connectivity index (χ2v) is 6.15. The first-order valence-corrected chi connectivity index (χ1v) is 8.45. The number of benzene rings is 1. The van der Waals surface area contributed by atoms with Crippen LogP contribution in [0.4, 0.5) is 5.69 Å². The van der Waals surface area contributed by atoms with Gasteiger partial charge in [-0.1, -0.05) is 32.4 Å². The Labute approximate surface area is 133 Å². The van der Waals surface area contributed by atoms with Crippen LogP contribution in [0, 0.1) is 5.92 Å². The number of likely N-dealkylation sites (N-methyl/N-ethyl adjacent to an activating group) is 1. The van der Waals surface area contributed by atoms with E-state index in [-0.39, 0.29) is 11.8 Å². The molecule has 1 atom stereocenters. The lowest BCUT2D eigenvalue weighted by Crippen LogP contribution is -2.29. The first-order chi connectivity index (χ1) is 10.6. The molecule has 0 saturated heterocycles. The topological polar surface area (TPSA) is 52.6 Å². The largest absolute Gasteiger partial charge is 0.387 e. The molecule has 0 heterocycles. The Hall–Kier alpha value is -1.39. The van der Waals surface area contributed by atoms with Gasteiger partial charge in [-0.15, -0.1) is 0 Å². The summed E-state index contributed by atoms with van der Waals surface area (Å²) in [7, 11) is 0. The zero-order chi connectivity index (χ0) is 15.9. The molecule has 1 aromatic carbocycles. The van der Waals surface area contributed by atoms with Crippen molar-refractivity contribution in [3.8, 4) is 0 Å². The Morgan fingerprint density at radius 2 is 2.00 bits per heavy atom. The van der Waals surface area contributed by atoms with Crippen LogP contribution in [0.3, 0.4) is 0 Å². The number of nitrogens with zero attached hydrogens (tertiary/aromatic N) is 1. The summed E-state index contributed by atoms with van der Waals surface area (Å²) in [6, 6.07) is 7.56. The summed E-state index contributed by atoms with van der Waals surface area (Å²) in [5.74, 6) is 0.326. The number of hydrogen-bond donors (Lipinski definition) is 2. The molecular weight excluding hydrogens is 276 g/mol. The summed E-state index contributed by atoms with van der Waals surface area (Å²) in [4.78, 5) is 14.0. The van der Waals surface area contributed by atoms with Gasteiger partial charge >= 0.3 is 0 Å². The van der Waals surface area contributed by atoms with Crippen molar-refractivity contribution >= 4 is 11.6 Å². The Balaban J connectivity index is 1.86. The fourth-order valence-electron chi connectivity index (χ4n) is 2.49. The van der Waals surface area contributed by atoms with Crippen LogP contribution in [-0.2, 0) is 4.79 Å². The lowest BCUT2D eigenvalue weighted by Gasteiger charge is -2.23. The molecular formula is C18H28N2O2. The van der Waals surface area contributed by atoms with Crippen molar-refractivity contribution in [2.75, 3.05) is 25.0 Å². The highest BCUT2D eigenvalue weighted by Crippen LogP contribution is 2.30. The van der Waals surface area contributed by atoms with Crippen LogP contribution in [0.5, 0.6) is 0 Å². The van der Waals surface area contributed by atoms with Gasteiger partial charge in [-0.2, -0.15) is 0 Å². The molecule has 0 bridgehead atoms. The summed E-state index contributed by atoms with van der Waals surface area (Å²) in [5.41, 5.74) is 1.71. The van der Waals surface area contributed by atoms with E-state index in [1.54, 1.807) is 0 Å². The Bertz CT molecular complexity index is 468. The number of nitrogens with one attached hydrogen (secondary N) is 1. The summed E-state index contributed by atoms with van der Waals surface area (Å²) in [6.07, 6.45) is 3.86. The number of aliphatic hydroxyl groups excluding tert-OH is 1. The highest BCUT2D eigenvalue weighted by atomic mass is 16.3. The third kappa shape index (κ3) is 5.11. The average molecular weight is 304 g/mol. The van der Waals surface area contributed by atoms with Crippen molar-refractivity contribution < 1.29 is 9.90 Å². The fourth-order valence-corrected chi connectivity index (χ4v) is 2.49. The molecule has 0 spiro atoms. The van der Waals surface area contributed by atoms with Gasteiger partial charge in [0.2, 0.25) is 5.91 Å². The second kappa shape index (κ2) is 8.30. The number of hydrogen-bond acceptors (Lipinski definition) is 3. The quantitative estimate of drug-likeness (QED) is 0.736. The highest BCUT2D eigenvalue weighted by Gasteiger charge is 2.29. The smallest absolute Gasteiger partial charge is 0.227 e. The minimum absolute atomic E-state index is 0.116. The van der Waals surface area contributed by atoms with Gasteiger partial charge in [0.15, 0.2) is 0 Å². The molecule has 1 amide bonds. The van der Waals surface area contributed by atoms with Crippen LogP contribution in [0.15, 0.2) is 24.3 Å². The van der Waals surface area contributed by atoms with Crippen LogP contribution < -0.4 is 5.32 Å². The number of rotatable bonds is 9. The molecule has 122 valence electrons. The Morgan fingerprint density at radius 3 is 2.55 bits per heavy atom. The number of aliphatic hydroxyl groups is 1. The molecule has 2 N–H and O–H groups in total. The highest BCUT2D eigenvalue weighted by molar-refractivity contribution is 5.93. The van der Waals surface area contributed by atoms with Crippen molar-refractivity contribution in [2.24, 2.45) is 5.92 Å². The molecule has 0 radical (unpaired) electrons. The van der Waals surface area contributed by atoms with Crippen molar-refractivity contribution in [1.82, 2.24) is 4.90 Å². The standard InChI is InChI=1S/C18H28N2O2/c1-3-5-12-20(4-2)13-17(21)14-8-10-16(11-9-14)19-18(22)15-6-7-15/h8-11,15,17,21H,3-7,12-13H2,1-2H3,(H,19,22). The van der Waals surface area contributed by atoms with Gasteiger partial charge in [0, 0.05) is 18.2 Å². The third-order valence-electron chi connectivity index (χ3n) is 4.22. The minimum Gasteiger partial charge on any atom is -0.387 e. The third-order valence-corrected chi connectivity index (χ3v) is 4.22. The first-order valence-electron chi connectivity index (χ1n) is 8.45. The van der Waals surface area contributed by atoms with Crippen LogP contribution in [-0.4, -0.2) is 35.5 Å². The lowest BCUT2D eigenvalue weighted by atomic mass is 10.1. The number of amides is 1. The van der Waals surface area contributed by atoms with Gasteiger partial charge in [0.1, 0.15) is 0 Å². The van der Waals surface area contributed by atoms with E-state index in [9.17, 15) is 9.90 Å². The Morgan fingerprint density at radius 1 is 1.32 bits per heavy atom. The summed E-state index contributed by atoms with van der Waals surface area (Å²) >= 11 is 0. The summed E-state index contributed by atoms with van der Waals surface area (Å²) in [6.45, 7) is 6.94. The first kappa shape index (κ1) is 17.0. The average Bonchev–Trinajstić information content (AvgIpc) is 3.36. The fraction of sp³-hybridized carbons (Fsp3) is 0.611. The SMILES string of the molecule is CCCCN(CC)CC(O)c1ccc(NC(=O)C2CC2)cc1. The number of anilines is 1. The van der Waals surface area contributed by atoms with Crippen molar-refractivity contribution in [3.63, 3.8) is 0 Å². The monoisotopic (exact) mass is 304 g/mol. The molecule has 1 aliphatic carbocycles. The van der Waals surface area contributed by atoms with Crippen molar-refractivity contribution in [1.29, 1.82) is 0 Å². The van der Waals surface area contributed by atoms with Gasteiger partial charge in [0.05, 0.1) is 6.10 Å². The van der Waals surface area contributed by atoms with E-state index in [0.717, 1.165) is 43.6 Å². The van der Waals surface area contributed by atoms with Crippen molar-refractivity contribution in [3.05, 3.63) is 29.8 Å². The molecule has 1 fully saturated rings. The predicted molar refractivity (Wildman–Crippen MR) is 89.8 cm³/mol. The van der Waals surface area contributed by atoms with Crippen LogP contribution >= 0.6 is 0 Å². The summed E-state index contributed by atoms with van der Waals surface area (Å²) in [5, 5.41) is 13.3. The van der Waals surface area contributed by atoms with Gasteiger partial charge in [0.25, 0.3) is 0 Å². The van der Waals surface area contributed by atoms with Crippen LogP contribution in [0.1, 0.15) is 51.2 Å². The van der Waals surface area contributed by atoms with E-state index in [2.05, 4.69) is 24.1 Å². The zero-order valence-electron chi connectivity index (χ0n) is 13.7. The molecule has 22 heavy (non-hydrogen) atoms. The summed E-state index contributed by atoms with van der Waals surface area (Å²) < 4.78 is 0. The number of carbonyl (C=O) groups is 1. The molecule has 2 rings (SSSR count). The molecule has 1 unspecified atom stereocenters. The van der Waals surface area contributed by atoms with Gasteiger partial charge in [-0.25, -0.2) is 0 Å². The van der Waals surface area contributed by atoms with E-state index < -0.39 is 6.10 Å². The van der Waals surface area contributed by atoms with Crippen LogP contribution in [0.25, 0.3) is 0 Å².